The van der Waals surface area contributed by atoms with Gasteiger partial charge in [-0.2, -0.15) is 40.7 Å². The third kappa shape index (κ3) is 3.63. The molecule has 4 aromatic carbocycles. The molecule has 5 aromatic heterocycles. The first-order valence-electron chi connectivity index (χ1n) is 13.6. The first-order chi connectivity index (χ1) is 20.3. The van der Waals surface area contributed by atoms with Crippen LogP contribution in [-0.4, -0.2) is 19.2 Å². The predicted molar refractivity (Wildman–Crippen MR) is 170 cm³/mol. The van der Waals surface area contributed by atoms with Gasteiger partial charge in [-0.25, -0.2) is 4.98 Å². The normalized spacial score (nSPS) is 11.6. The number of hydrogen-bond acceptors (Lipinski definition) is 3. The van der Waals surface area contributed by atoms with Crippen molar-refractivity contribution in [3.05, 3.63) is 132 Å². The molecule has 9 rings (SSSR count). The maximum atomic E-state index is 4.84. The summed E-state index contributed by atoms with van der Waals surface area (Å²) in [6.45, 7) is 0. The molecule has 42 heavy (non-hydrogen) atoms. The first-order valence-corrected chi connectivity index (χ1v) is 14.5. The second kappa shape index (κ2) is 9.74. The second-order valence-electron chi connectivity index (χ2n) is 10.3. The Labute approximate surface area is 258 Å². The van der Waals surface area contributed by atoms with Gasteiger partial charge in [0.1, 0.15) is 5.82 Å². The average Bonchev–Trinajstić information content (AvgIpc) is 3.77. The van der Waals surface area contributed by atoms with Gasteiger partial charge in [0, 0.05) is 48.0 Å². The molecule has 9 aromatic rings. The van der Waals surface area contributed by atoms with E-state index in [1.165, 1.54) is 38.1 Å². The van der Waals surface area contributed by atoms with Crippen LogP contribution >= 0.6 is 11.3 Å². The van der Waals surface area contributed by atoms with Crippen LogP contribution in [0.25, 0.3) is 77.1 Å². The molecule has 0 N–H and O–H groups in total. The van der Waals surface area contributed by atoms with Crippen molar-refractivity contribution in [1.29, 1.82) is 0 Å². The van der Waals surface area contributed by atoms with Crippen molar-refractivity contribution in [2.75, 3.05) is 0 Å². The number of thiophene rings is 1. The van der Waals surface area contributed by atoms with Crippen LogP contribution in [0.3, 0.4) is 0 Å². The largest absolute Gasteiger partial charge is 0.294 e. The molecule has 0 saturated carbocycles. The number of nitrogens with zero attached hydrogens (tertiary/aromatic N) is 4. The standard InChI is InChI=1S/C36H21N4S.Ir/c1-3-12-32-26(10-1)28-19-24(15-16-33(28)39(32)35-14-5-6-17-37-35)23-8-7-9-25(18-23)29-20-38-40-34-13-4-2-11-27(34)30-21-41-22-31(30)36(29)40;/h1-12,14-22H;/q-1;. The minimum atomic E-state index is 0. The Bertz CT molecular complexity index is 2430. The van der Waals surface area contributed by atoms with E-state index in [1.807, 2.05) is 41.2 Å². The summed E-state index contributed by atoms with van der Waals surface area (Å²) in [6.07, 6.45) is 3.84. The fourth-order valence-corrected chi connectivity index (χ4v) is 7.08. The van der Waals surface area contributed by atoms with Gasteiger partial charge in [0.05, 0.1) is 22.7 Å². The van der Waals surface area contributed by atoms with Crippen LogP contribution in [0.4, 0.5) is 0 Å². The van der Waals surface area contributed by atoms with E-state index >= 15 is 0 Å². The van der Waals surface area contributed by atoms with Crippen LogP contribution in [0, 0.1) is 6.07 Å². The fraction of sp³-hybridized carbons (Fsp3) is 0. The van der Waals surface area contributed by atoms with E-state index in [4.69, 9.17) is 5.10 Å². The summed E-state index contributed by atoms with van der Waals surface area (Å²) >= 11 is 1.73. The number of benzene rings is 4. The molecule has 0 aliphatic rings. The van der Waals surface area contributed by atoms with E-state index in [2.05, 4.69) is 105 Å². The summed E-state index contributed by atoms with van der Waals surface area (Å²) in [5.74, 6) is 0.922. The average molecular weight is 734 g/mol. The minimum absolute atomic E-state index is 0. The topological polar surface area (TPSA) is 35.1 Å². The summed E-state index contributed by atoms with van der Waals surface area (Å²) in [5.41, 5.74) is 9.07. The smallest absolute Gasteiger partial charge is 0.137 e. The summed E-state index contributed by atoms with van der Waals surface area (Å²) < 4.78 is 4.29. The Morgan fingerprint density at radius 3 is 2.38 bits per heavy atom. The van der Waals surface area contributed by atoms with Crippen molar-refractivity contribution in [1.82, 2.24) is 19.2 Å². The van der Waals surface area contributed by atoms with E-state index in [-0.39, 0.29) is 20.1 Å². The van der Waals surface area contributed by atoms with Crippen molar-refractivity contribution >= 4 is 60.3 Å². The zero-order chi connectivity index (χ0) is 26.9. The summed E-state index contributed by atoms with van der Waals surface area (Å²) in [6, 6.07) is 39.8. The molecule has 0 aliphatic carbocycles. The van der Waals surface area contributed by atoms with Crippen LogP contribution < -0.4 is 0 Å². The van der Waals surface area contributed by atoms with Crippen LogP contribution in [0.1, 0.15) is 0 Å². The van der Waals surface area contributed by atoms with E-state index in [1.54, 1.807) is 11.3 Å². The number of para-hydroxylation sites is 2. The Kier molecular flexibility index (Phi) is 5.83. The van der Waals surface area contributed by atoms with Crippen molar-refractivity contribution in [2.24, 2.45) is 0 Å². The van der Waals surface area contributed by atoms with Gasteiger partial charge in [-0.15, -0.1) is 5.39 Å². The van der Waals surface area contributed by atoms with Gasteiger partial charge in [0.15, 0.2) is 0 Å². The molecule has 0 fully saturated rings. The molecule has 5 heterocycles. The molecule has 0 atom stereocenters. The molecular weight excluding hydrogens is 713 g/mol. The Hall–Kier alpha value is -4.61. The monoisotopic (exact) mass is 734 g/mol. The van der Waals surface area contributed by atoms with Crippen molar-refractivity contribution < 1.29 is 20.1 Å². The molecule has 201 valence electrons. The first kappa shape index (κ1) is 25.1. The van der Waals surface area contributed by atoms with Gasteiger partial charge < -0.3 is 0 Å². The number of aromatic nitrogens is 4. The number of fused-ring (bicyclic) bond motifs is 9. The quantitative estimate of drug-likeness (QED) is 0.170. The van der Waals surface area contributed by atoms with Gasteiger partial charge in [0.25, 0.3) is 0 Å². The maximum absolute atomic E-state index is 4.84. The minimum Gasteiger partial charge on any atom is -0.294 e. The number of rotatable bonds is 3. The summed E-state index contributed by atoms with van der Waals surface area (Å²) in [5, 5.41) is 15.4. The SMILES string of the molecule is [Ir].[c-]1cccc2c3cscc3c3c(-c4cccc(-c5ccc6c(c5)c5ccccc5n6-c5ccccn5)c4)cnn3c12. The molecule has 0 unspecified atom stereocenters. The van der Waals surface area contributed by atoms with E-state index < -0.39 is 0 Å². The zero-order valence-electron chi connectivity index (χ0n) is 22.2. The Balaban J connectivity index is 0.00000267. The number of pyridine rings is 2. The fourth-order valence-electron chi connectivity index (χ4n) is 6.25. The van der Waals surface area contributed by atoms with Gasteiger partial charge in [-0.1, -0.05) is 53.9 Å². The summed E-state index contributed by atoms with van der Waals surface area (Å²) in [7, 11) is 0. The second-order valence-corrected chi connectivity index (χ2v) is 11.0. The molecule has 1 radical (unpaired) electrons. The van der Waals surface area contributed by atoms with Crippen LogP contribution in [0.15, 0.2) is 126 Å². The van der Waals surface area contributed by atoms with Crippen molar-refractivity contribution in [2.45, 2.75) is 0 Å². The van der Waals surface area contributed by atoms with Crippen molar-refractivity contribution in [3.63, 3.8) is 0 Å². The molecule has 0 amide bonds. The van der Waals surface area contributed by atoms with E-state index in [0.717, 1.165) is 39.0 Å². The van der Waals surface area contributed by atoms with E-state index in [0.29, 0.717) is 0 Å². The van der Waals surface area contributed by atoms with Crippen LogP contribution in [-0.2, 0) is 20.1 Å². The molecular formula is C36H21IrN4S-. The molecule has 0 bridgehead atoms. The zero-order valence-corrected chi connectivity index (χ0v) is 25.4. The van der Waals surface area contributed by atoms with Gasteiger partial charge in [-0.3, -0.25) is 9.08 Å². The van der Waals surface area contributed by atoms with Gasteiger partial charge in [0.2, 0.25) is 0 Å². The molecule has 0 spiro atoms. The van der Waals surface area contributed by atoms with Crippen LogP contribution in [0.5, 0.6) is 0 Å². The van der Waals surface area contributed by atoms with Gasteiger partial charge >= 0.3 is 0 Å². The maximum Gasteiger partial charge on any atom is 0.137 e. The van der Waals surface area contributed by atoms with Gasteiger partial charge in [-0.05, 0) is 69.4 Å². The third-order valence-electron chi connectivity index (χ3n) is 8.08. The predicted octanol–water partition coefficient (Wildman–Crippen LogP) is 9.33. The molecule has 0 saturated heterocycles. The summed E-state index contributed by atoms with van der Waals surface area (Å²) in [4.78, 5) is 4.66. The molecule has 0 aliphatic heterocycles. The van der Waals surface area contributed by atoms with Crippen molar-refractivity contribution in [3.8, 4) is 28.1 Å². The number of hydrogen-bond donors (Lipinski definition) is 0. The Morgan fingerprint density at radius 2 is 1.45 bits per heavy atom. The van der Waals surface area contributed by atoms with E-state index in [9.17, 15) is 0 Å². The Morgan fingerprint density at radius 1 is 0.643 bits per heavy atom. The molecule has 4 nitrogen and oxygen atoms in total. The third-order valence-corrected chi connectivity index (χ3v) is 8.82. The molecule has 6 heteroatoms. The van der Waals surface area contributed by atoms with Crippen LogP contribution in [0.2, 0.25) is 0 Å².